The van der Waals surface area contributed by atoms with Gasteiger partial charge < -0.3 is 19.6 Å². The molecule has 1 saturated heterocycles. The van der Waals surface area contributed by atoms with Crippen LogP contribution in [-0.2, 0) is 4.74 Å². The summed E-state index contributed by atoms with van der Waals surface area (Å²) in [6, 6.07) is 17.6. The van der Waals surface area contributed by atoms with Crippen LogP contribution in [-0.4, -0.2) is 66.1 Å². The first-order valence-corrected chi connectivity index (χ1v) is 10.6. The molecule has 0 saturated carbocycles. The minimum atomic E-state index is 0.135. The fourth-order valence-electron chi connectivity index (χ4n) is 3.99. The van der Waals surface area contributed by atoms with Gasteiger partial charge in [0.15, 0.2) is 5.88 Å². The first-order chi connectivity index (χ1) is 15.3. The Morgan fingerprint density at radius 2 is 1.97 bits per heavy atom. The van der Waals surface area contributed by atoms with Gasteiger partial charge >= 0.3 is 0 Å². The van der Waals surface area contributed by atoms with E-state index < -0.39 is 0 Å². The summed E-state index contributed by atoms with van der Waals surface area (Å²) in [6.07, 6.45) is 0. The number of benzene rings is 2. The van der Waals surface area contributed by atoms with Crippen molar-refractivity contribution >= 4 is 21.8 Å². The maximum Gasteiger partial charge on any atom is 0.199 e. The molecule has 0 aliphatic carbocycles. The van der Waals surface area contributed by atoms with Gasteiger partial charge in [-0.05, 0) is 30.3 Å². The van der Waals surface area contributed by atoms with Gasteiger partial charge in [-0.25, -0.2) is 4.98 Å². The Hall–Kier alpha value is -3.13. The molecule has 7 nitrogen and oxygen atoms in total. The van der Waals surface area contributed by atoms with E-state index in [2.05, 4.69) is 15.2 Å². The average molecular weight is 418 g/mol. The summed E-state index contributed by atoms with van der Waals surface area (Å²) < 4.78 is 11.2. The van der Waals surface area contributed by atoms with Crippen LogP contribution < -0.4 is 10.1 Å². The Balaban J connectivity index is 1.24. The van der Waals surface area contributed by atoms with Crippen LogP contribution >= 0.6 is 0 Å². The monoisotopic (exact) mass is 418 g/mol. The molecular weight excluding hydrogens is 392 g/mol. The molecule has 3 N–H and O–H groups in total. The quantitative estimate of drug-likeness (QED) is 0.315. The predicted molar refractivity (Wildman–Crippen MR) is 121 cm³/mol. The lowest BCUT2D eigenvalue weighted by Gasteiger charge is -2.26. The molecule has 0 spiro atoms. The third kappa shape index (κ3) is 4.34. The number of nitrogens with one attached hydrogen (secondary N) is 2. The molecule has 160 valence electrons. The maximum atomic E-state index is 10.4. The second-order valence-electron chi connectivity index (χ2n) is 7.69. The number of aromatic nitrogens is 2. The van der Waals surface area contributed by atoms with Crippen molar-refractivity contribution in [1.82, 2.24) is 20.2 Å². The Morgan fingerprint density at radius 1 is 1.10 bits per heavy atom. The maximum absolute atomic E-state index is 10.4. The zero-order valence-electron chi connectivity index (χ0n) is 17.3. The summed E-state index contributed by atoms with van der Waals surface area (Å²) in [5, 5.41) is 15.7. The molecular formula is C24H26N4O3. The van der Waals surface area contributed by atoms with Gasteiger partial charge in [-0.3, -0.25) is 10.2 Å². The summed E-state index contributed by atoms with van der Waals surface area (Å²) in [4.78, 5) is 10.2. The number of hydrogen-bond donors (Lipinski definition) is 3. The Labute approximate surface area is 180 Å². The first kappa shape index (κ1) is 19.8. The first-order valence-electron chi connectivity index (χ1n) is 10.6. The van der Waals surface area contributed by atoms with Gasteiger partial charge in [0, 0.05) is 42.5 Å². The predicted octanol–water partition coefficient (Wildman–Crippen LogP) is 3.35. The molecule has 31 heavy (non-hydrogen) atoms. The SMILES string of the molecule is Oc1[nH]c2ccccc2c1-c1ccc2cc(OCNCCN3CCOCC3)ccc2n1. The van der Waals surface area contributed by atoms with Crippen molar-refractivity contribution in [3.05, 3.63) is 54.6 Å². The van der Waals surface area contributed by atoms with Crippen LogP contribution in [0.1, 0.15) is 0 Å². The van der Waals surface area contributed by atoms with Gasteiger partial charge in [0.2, 0.25) is 0 Å². The topological polar surface area (TPSA) is 82.6 Å². The number of rotatable bonds is 7. The van der Waals surface area contributed by atoms with E-state index in [0.717, 1.165) is 78.2 Å². The number of aromatic amines is 1. The smallest absolute Gasteiger partial charge is 0.199 e. The number of nitrogens with zero attached hydrogens (tertiary/aromatic N) is 2. The number of ether oxygens (including phenoxy) is 2. The van der Waals surface area contributed by atoms with Crippen LogP contribution in [0.25, 0.3) is 33.1 Å². The summed E-state index contributed by atoms with van der Waals surface area (Å²) in [7, 11) is 0. The van der Waals surface area contributed by atoms with Gasteiger partial charge in [-0.15, -0.1) is 0 Å². The molecule has 0 radical (unpaired) electrons. The standard InChI is InChI=1S/C24H26N4O3/c29-24-23(19-3-1-2-4-21(19)27-24)22-7-5-17-15-18(6-8-20(17)26-22)31-16-25-9-10-28-11-13-30-14-12-28/h1-8,15,25,27,29H,9-14,16H2. The summed E-state index contributed by atoms with van der Waals surface area (Å²) in [6.45, 7) is 5.98. The van der Waals surface area contributed by atoms with Gasteiger partial charge in [0.25, 0.3) is 0 Å². The van der Waals surface area contributed by atoms with Crippen LogP contribution in [0.3, 0.4) is 0 Å². The molecule has 0 bridgehead atoms. The van der Waals surface area contributed by atoms with Gasteiger partial charge in [-0.1, -0.05) is 24.3 Å². The molecule has 1 fully saturated rings. The van der Waals surface area contributed by atoms with E-state index in [1.165, 1.54) is 0 Å². The zero-order valence-corrected chi connectivity index (χ0v) is 17.3. The molecule has 0 unspecified atom stereocenters. The fourth-order valence-corrected chi connectivity index (χ4v) is 3.99. The molecule has 4 aromatic rings. The second kappa shape index (κ2) is 8.93. The van der Waals surface area contributed by atoms with Gasteiger partial charge in [0.1, 0.15) is 12.5 Å². The third-order valence-electron chi connectivity index (χ3n) is 5.65. The third-order valence-corrected chi connectivity index (χ3v) is 5.65. The minimum absolute atomic E-state index is 0.135. The van der Waals surface area contributed by atoms with E-state index in [1.54, 1.807) is 0 Å². The highest BCUT2D eigenvalue weighted by Crippen LogP contribution is 2.36. The van der Waals surface area contributed by atoms with Crippen molar-refractivity contribution in [3.63, 3.8) is 0 Å². The second-order valence-corrected chi connectivity index (χ2v) is 7.69. The molecule has 7 heteroatoms. The number of aromatic hydroxyl groups is 1. The number of H-pyrrole nitrogens is 1. The Morgan fingerprint density at radius 3 is 2.87 bits per heavy atom. The number of morpholine rings is 1. The average Bonchev–Trinajstić information content (AvgIpc) is 3.15. The van der Waals surface area contributed by atoms with Crippen LogP contribution in [0.4, 0.5) is 0 Å². The van der Waals surface area contributed by atoms with Crippen molar-refractivity contribution in [3.8, 4) is 22.9 Å². The summed E-state index contributed by atoms with van der Waals surface area (Å²) >= 11 is 0. The molecule has 5 rings (SSSR count). The van der Waals surface area contributed by atoms with Crippen LogP contribution in [0.15, 0.2) is 54.6 Å². The van der Waals surface area contributed by atoms with Crippen molar-refractivity contribution in [1.29, 1.82) is 0 Å². The molecule has 0 atom stereocenters. The molecule has 1 aliphatic rings. The van der Waals surface area contributed by atoms with Gasteiger partial charge in [-0.2, -0.15) is 0 Å². The highest BCUT2D eigenvalue weighted by molar-refractivity contribution is 5.99. The normalized spacial score (nSPS) is 15.0. The lowest BCUT2D eigenvalue weighted by atomic mass is 10.1. The largest absolute Gasteiger partial charge is 0.494 e. The summed E-state index contributed by atoms with van der Waals surface area (Å²) in [5.74, 6) is 0.937. The van der Waals surface area contributed by atoms with Crippen molar-refractivity contribution in [2.45, 2.75) is 0 Å². The van der Waals surface area contributed by atoms with Crippen molar-refractivity contribution in [2.75, 3.05) is 46.1 Å². The van der Waals surface area contributed by atoms with E-state index in [1.807, 2.05) is 54.6 Å². The highest BCUT2D eigenvalue weighted by Gasteiger charge is 2.14. The molecule has 0 amide bonds. The Kier molecular flexibility index (Phi) is 5.71. The number of para-hydroxylation sites is 1. The summed E-state index contributed by atoms with van der Waals surface area (Å²) in [5.41, 5.74) is 3.21. The van der Waals surface area contributed by atoms with E-state index in [0.29, 0.717) is 6.73 Å². The molecule has 3 heterocycles. The van der Waals surface area contributed by atoms with E-state index in [9.17, 15) is 5.11 Å². The minimum Gasteiger partial charge on any atom is -0.494 e. The van der Waals surface area contributed by atoms with Crippen LogP contribution in [0.2, 0.25) is 0 Å². The molecule has 2 aromatic carbocycles. The van der Waals surface area contributed by atoms with Crippen molar-refractivity contribution < 1.29 is 14.6 Å². The van der Waals surface area contributed by atoms with E-state index in [4.69, 9.17) is 14.5 Å². The number of pyridine rings is 1. The van der Waals surface area contributed by atoms with E-state index >= 15 is 0 Å². The molecule has 1 aliphatic heterocycles. The number of fused-ring (bicyclic) bond motifs is 2. The van der Waals surface area contributed by atoms with Crippen LogP contribution in [0, 0.1) is 0 Å². The lowest BCUT2D eigenvalue weighted by Crippen LogP contribution is -2.40. The van der Waals surface area contributed by atoms with Crippen LogP contribution in [0.5, 0.6) is 11.6 Å². The zero-order chi connectivity index (χ0) is 21.0. The van der Waals surface area contributed by atoms with E-state index in [-0.39, 0.29) is 5.88 Å². The number of hydrogen-bond acceptors (Lipinski definition) is 6. The highest BCUT2D eigenvalue weighted by atomic mass is 16.5. The van der Waals surface area contributed by atoms with Crippen molar-refractivity contribution in [2.24, 2.45) is 0 Å². The van der Waals surface area contributed by atoms with Gasteiger partial charge in [0.05, 0.1) is 30.0 Å². The Bertz CT molecular complexity index is 1180. The fraction of sp³-hybridized carbons (Fsp3) is 0.292. The lowest BCUT2D eigenvalue weighted by molar-refractivity contribution is 0.0379. The molecule has 2 aromatic heterocycles.